The molecule has 0 aliphatic heterocycles. The summed E-state index contributed by atoms with van der Waals surface area (Å²) in [7, 11) is 1.55. The van der Waals surface area contributed by atoms with Crippen molar-refractivity contribution in [3.05, 3.63) is 24.3 Å². The summed E-state index contributed by atoms with van der Waals surface area (Å²) in [5.41, 5.74) is 0.613. The summed E-state index contributed by atoms with van der Waals surface area (Å²) in [5.74, 6) is 0.377. The van der Waals surface area contributed by atoms with Gasteiger partial charge in [0.05, 0.1) is 25.9 Å². The SMILES string of the molecule is CCN(CC)C(=O)CNCC(=O)Nc1ccccc1OC. The Kier molecular flexibility index (Phi) is 7.25. The van der Waals surface area contributed by atoms with E-state index >= 15 is 0 Å². The van der Waals surface area contributed by atoms with Gasteiger partial charge in [-0.3, -0.25) is 14.9 Å². The van der Waals surface area contributed by atoms with Crippen molar-refractivity contribution in [2.45, 2.75) is 13.8 Å². The fraction of sp³-hybridized carbons (Fsp3) is 0.467. The summed E-state index contributed by atoms with van der Waals surface area (Å²) in [5, 5.41) is 5.59. The number of benzene rings is 1. The quantitative estimate of drug-likeness (QED) is 0.753. The lowest BCUT2D eigenvalue weighted by Gasteiger charge is -2.18. The highest BCUT2D eigenvalue weighted by molar-refractivity contribution is 5.94. The number of methoxy groups -OCH3 is 1. The molecule has 0 aliphatic carbocycles. The highest BCUT2D eigenvalue weighted by Gasteiger charge is 2.10. The van der Waals surface area contributed by atoms with Crippen LogP contribution in [0.15, 0.2) is 24.3 Å². The second-order valence-electron chi connectivity index (χ2n) is 4.42. The Morgan fingerprint density at radius 1 is 1.14 bits per heavy atom. The van der Waals surface area contributed by atoms with Crippen LogP contribution in [0, 0.1) is 0 Å². The van der Waals surface area contributed by atoms with Gasteiger partial charge in [0.15, 0.2) is 0 Å². The van der Waals surface area contributed by atoms with E-state index in [4.69, 9.17) is 4.74 Å². The molecule has 0 fully saturated rings. The molecule has 0 unspecified atom stereocenters. The van der Waals surface area contributed by atoms with Crippen molar-refractivity contribution in [2.75, 3.05) is 38.6 Å². The van der Waals surface area contributed by atoms with Gasteiger partial charge < -0.3 is 15.0 Å². The molecule has 1 aromatic rings. The summed E-state index contributed by atoms with van der Waals surface area (Å²) in [6.45, 7) is 5.42. The van der Waals surface area contributed by atoms with Crippen LogP contribution in [0.25, 0.3) is 0 Å². The maximum Gasteiger partial charge on any atom is 0.238 e. The standard InChI is InChI=1S/C15H23N3O3/c1-4-18(5-2)15(20)11-16-10-14(19)17-12-8-6-7-9-13(12)21-3/h6-9,16H,4-5,10-11H2,1-3H3,(H,17,19). The highest BCUT2D eigenvalue weighted by Crippen LogP contribution is 2.22. The van der Waals surface area contributed by atoms with Crippen molar-refractivity contribution in [1.82, 2.24) is 10.2 Å². The molecule has 2 amide bonds. The first-order valence-corrected chi connectivity index (χ1v) is 7.03. The van der Waals surface area contributed by atoms with Crippen LogP contribution in [0.2, 0.25) is 0 Å². The number of anilines is 1. The molecule has 1 rings (SSSR count). The molecule has 0 saturated heterocycles. The van der Waals surface area contributed by atoms with Crippen LogP contribution in [0.4, 0.5) is 5.69 Å². The van der Waals surface area contributed by atoms with Gasteiger partial charge in [-0.25, -0.2) is 0 Å². The van der Waals surface area contributed by atoms with Gasteiger partial charge in [-0.15, -0.1) is 0 Å². The van der Waals surface area contributed by atoms with Gasteiger partial charge in [0.2, 0.25) is 11.8 Å². The topological polar surface area (TPSA) is 70.7 Å². The molecule has 1 aromatic carbocycles. The van der Waals surface area contributed by atoms with Crippen molar-refractivity contribution in [2.24, 2.45) is 0 Å². The first kappa shape index (κ1) is 17.0. The number of carbonyl (C=O) groups excluding carboxylic acids is 2. The number of ether oxygens (including phenoxy) is 1. The lowest BCUT2D eigenvalue weighted by atomic mass is 10.3. The van der Waals surface area contributed by atoms with E-state index in [0.29, 0.717) is 24.5 Å². The number of nitrogens with one attached hydrogen (secondary N) is 2. The predicted molar refractivity (Wildman–Crippen MR) is 82.4 cm³/mol. The normalized spacial score (nSPS) is 10.0. The van der Waals surface area contributed by atoms with Crippen LogP contribution in [0.3, 0.4) is 0 Å². The predicted octanol–water partition coefficient (Wildman–Crippen LogP) is 1.09. The van der Waals surface area contributed by atoms with Crippen molar-refractivity contribution in [3.8, 4) is 5.75 Å². The van der Waals surface area contributed by atoms with Gasteiger partial charge in [-0.2, -0.15) is 0 Å². The maximum atomic E-state index is 11.8. The largest absolute Gasteiger partial charge is 0.495 e. The number of rotatable bonds is 8. The number of hydrogen-bond acceptors (Lipinski definition) is 4. The van der Waals surface area contributed by atoms with E-state index in [-0.39, 0.29) is 24.9 Å². The first-order valence-electron chi connectivity index (χ1n) is 7.03. The van der Waals surface area contributed by atoms with Crippen molar-refractivity contribution in [1.29, 1.82) is 0 Å². The average molecular weight is 293 g/mol. The van der Waals surface area contributed by atoms with Crippen LogP contribution in [-0.4, -0.2) is 50.0 Å². The Balaban J connectivity index is 2.39. The number of likely N-dealkylation sites (N-methyl/N-ethyl adjacent to an activating group) is 1. The molecule has 0 aromatic heterocycles. The molecule has 0 radical (unpaired) electrons. The summed E-state index contributed by atoms with van der Waals surface area (Å²) in [4.78, 5) is 25.3. The lowest BCUT2D eigenvalue weighted by Crippen LogP contribution is -2.40. The molecule has 0 heterocycles. The lowest BCUT2D eigenvalue weighted by molar-refractivity contribution is -0.129. The zero-order valence-corrected chi connectivity index (χ0v) is 12.8. The van der Waals surface area contributed by atoms with Crippen LogP contribution in [0.1, 0.15) is 13.8 Å². The monoisotopic (exact) mass is 293 g/mol. The van der Waals surface area contributed by atoms with E-state index in [9.17, 15) is 9.59 Å². The number of hydrogen-bond donors (Lipinski definition) is 2. The Hall–Kier alpha value is -2.08. The van der Waals surface area contributed by atoms with Crippen molar-refractivity contribution >= 4 is 17.5 Å². The third-order valence-corrected chi connectivity index (χ3v) is 3.06. The van der Waals surface area contributed by atoms with Gasteiger partial charge in [-0.05, 0) is 26.0 Å². The smallest absolute Gasteiger partial charge is 0.238 e. The fourth-order valence-corrected chi connectivity index (χ4v) is 1.91. The third-order valence-electron chi connectivity index (χ3n) is 3.06. The molecule has 2 N–H and O–H groups in total. The van der Waals surface area contributed by atoms with Crippen LogP contribution in [-0.2, 0) is 9.59 Å². The summed E-state index contributed by atoms with van der Waals surface area (Å²) in [6.07, 6.45) is 0. The second-order valence-corrected chi connectivity index (χ2v) is 4.42. The summed E-state index contributed by atoms with van der Waals surface area (Å²) in [6, 6.07) is 7.18. The van der Waals surface area contributed by atoms with Gasteiger partial charge in [0, 0.05) is 13.1 Å². The average Bonchev–Trinajstić information content (AvgIpc) is 2.49. The highest BCUT2D eigenvalue weighted by atomic mass is 16.5. The number of para-hydroxylation sites is 2. The third kappa shape index (κ3) is 5.43. The Bertz CT molecular complexity index is 473. The molecule has 6 nitrogen and oxygen atoms in total. The van der Waals surface area contributed by atoms with E-state index < -0.39 is 0 Å². The minimum absolute atomic E-state index is 0.00917. The maximum absolute atomic E-state index is 11.8. The van der Waals surface area contributed by atoms with Crippen LogP contribution >= 0.6 is 0 Å². The van der Waals surface area contributed by atoms with Gasteiger partial charge in [0.1, 0.15) is 5.75 Å². The van der Waals surface area contributed by atoms with Crippen molar-refractivity contribution in [3.63, 3.8) is 0 Å². The molecular formula is C15H23N3O3. The molecule has 6 heteroatoms. The van der Waals surface area contributed by atoms with Crippen LogP contribution in [0.5, 0.6) is 5.75 Å². The minimum atomic E-state index is -0.216. The number of carbonyl (C=O) groups is 2. The molecule has 0 aliphatic rings. The number of nitrogens with zero attached hydrogens (tertiary/aromatic N) is 1. The van der Waals surface area contributed by atoms with E-state index in [2.05, 4.69) is 10.6 Å². The van der Waals surface area contributed by atoms with Crippen molar-refractivity contribution < 1.29 is 14.3 Å². The fourth-order valence-electron chi connectivity index (χ4n) is 1.91. The molecule has 0 atom stereocenters. The van der Waals surface area contributed by atoms with Gasteiger partial charge in [0.25, 0.3) is 0 Å². The molecule has 0 saturated carbocycles. The minimum Gasteiger partial charge on any atom is -0.495 e. The van der Waals surface area contributed by atoms with E-state index in [1.54, 1.807) is 24.1 Å². The molecule has 0 spiro atoms. The second kappa shape index (κ2) is 8.97. The zero-order valence-electron chi connectivity index (χ0n) is 12.8. The molecular weight excluding hydrogens is 270 g/mol. The Morgan fingerprint density at radius 3 is 2.43 bits per heavy atom. The van der Waals surface area contributed by atoms with Crippen LogP contribution < -0.4 is 15.4 Å². The summed E-state index contributed by atoms with van der Waals surface area (Å²) >= 11 is 0. The van der Waals surface area contributed by atoms with E-state index in [0.717, 1.165) is 0 Å². The summed E-state index contributed by atoms with van der Waals surface area (Å²) < 4.78 is 5.15. The Morgan fingerprint density at radius 2 is 1.81 bits per heavy atom. The van der Waals surface area contributed by atoms with Gasteiger partial charge in [-0.1, -0.05) is 12.1 Å². The number of amides is 2. The van der Waals surface area contributed by atoms with E-state index in [1.165, 1.54) is 0 Å². The van der Waals surface area contributed by atoms with E-state index in [1.807, 2.05) is 26.0 Å². The molecule has 116 valence electrons. The first-order chi connectivity index (χ1) is 10.1. The molecule has 21 heavy (non-hydrogen) atoms. The zero-order chi connectivity index (χ0) is 15.7. The van der Waals surface area contributed by atoms with Gasteiger partial charge >= 0.3 is 0 Å². The molecule has 0 bridgehead atoms. The Labute approximate surface area is 125 Å².